The van der Waals surface area contributed by atoms with E-state index in [4.69, 9.17) is 14.2 Å². The first-order valence-electron chi connectivity index (χ1n) is 13.8. The molecule has 0 amide bonds. The fourth-order valence-corrected chi connectivity index (χ4v) is 5.34. The van der Waals surface area contributed by atoms with Gasteiger partial charge in [0.15, 0.2) is 5.76 Å². The molecule has 2 heterocycles. The Labute approximate surface area is 239 Å². The number of esters is 1. The number of rotatable bonds is 8. The number of ether oxygens (including phenoxy) is 1. The van der Waals surface area contributed by atoms with Gasteiger partial charge in [-0.15, -0.1) is 0 Å². The van der Waals surface area contributed by atoms with Gasteiger partial charge in [-0.1, -0.05) is 78.0 Å². The zero-order valence-electron chi connectivity index (χ0n) is 23.1. The molecule has 41 heavy (non-hydrogen) atoms. The summed E-state index contributed by atoms with van der Waals surface area (Å²) in [6.45, 7) is 4.18. The van der Waals surface area contributed by atoms with Crippen LogP contribution < -0.4 is 0 Å². The lowest BCUT2D eigenvalue weighted by Gasteiger charge is -2.14. The molecule has 1 saturated carbocycles. The molecule has 0 unspecified atom stereocenters. The molecule has 2 aromatic heterocycles. The molecule has 202 valence electrons. The SMILES string of the molecule is CCOC(=O)C1(c2ccc(-c3ccc(-c4onc(C)c4Cc4cccc(-c5ccccc5C#N)n4)cc3)cc2)CC1. The van der Waals surface area contributed by atoms with Gasteiger partial charge in [0, 0.05) is 28.8 Å². The van der Waals surface area contributed by atoms with Crippen LogP contribution in [0, 0.1) is 18.3 Å². The Morgan fingerprint density at radius 2 is 1.61 bits per heavy atom. The molecule has 1 aliphatic rings. The Kier molecular flexibility index (Phi) is 6.94. The molecule has 1 fully saturated rings. The lowest BCUT2D eigenvalue weighted by Crippen LogP contribution is -2.23. The molecule has 5 aromatic rings. The quantitative estimate of drug-likeness (QED) is 0.190. The summed E-state index contributed by atoms with van der Waals surface area (Å²) < 4.78 is 11.1. The first-order chi connectivity index (χ1) is 20.0. The van der Waals surface area contributed by atoms with Crippen LogP contribution in [0.2, 0.25) is 0 Å². The molecule has 0 saturated heterocycles. The lowest BCUT2D eigenvalue weighted by atomic mass is 9.93. The van der Waals surface area contributed by atoms with Gasteiger partial charge < -0.3 is 9.26 Å². The minimum atomic E-state index is -0.466. The van der Waals surface area contributed by atoms with E-state index in [-0.39, 0.29) is 5.97 Å². The zero-order valence-corrected chi connectivity index (χ0v) is 23.1. The Hall–Kier alpha value is -5.02. The van der Waals surface area contributed by atoms with Crippen LogP contribution in [0.15, 0.2) is 95.5 Å². The van der Waals surface area contributed by atoms with Gasteiger partial charge in [0.05, 0.1) is 35.0 Å². The van der Waals surface area contributed by atoms with Crippen LogP contribution in [-0.2, 0) is 21.4 Å². The summed E-state index contributed by atoms with van der Waals surface area (Å²) in [6, 6.07) is 32.1. The number of hydrogen-bond donors (Lipinski definition) is 0. The second-order valence-electron chi connectivity index (χ2n) is 10.4. The molecule has 3 aromatic carbocycles. The second kappa shape index (κ2) is 10.9. The summed E-state index contributed by atoms with van der Waals surface area (Å²) in [7, 11) is 0. The summed E-state index contributed by atoms with van der Waals surface area (Å²) in [5.74, 6) is 0.600. The van der Waals surface area contributed by atoms with Gasteiger partial charge in [0.25, 0.3) is 0 Å². The van der Waals surface area contributed by atoms with E-state index in [0.717, 1.165) is 69.1 Å². The van der Waals surface area contributed by atoms with Crippen molar-refractivity contribution in [1.29, 1.82) is 5.26 Å². The van der Waals surface area contributed by atoms with Crippen LogP contribution in [0.25, 0.3) is 33.7 Å². The second-order valence-corrected chi connectivity index (χ2v) is 10.4. The standard InChI is InChI=1S/C35H29N3O3/c1-3-40-34(39)35(19-20-35)28-17-15-25(16-18-28)24-11-13-26(14-12-24)33-31(23(2)38-41-33)21-29-8-6-10-32(37-29)30-9-5-4-7-27(30)22-36/h4-18H,3,19-21H2,1-2H3. The highest BCUT2D eigenvalue weighted by Gasteiger charge is 2.52. The van der Waals surface area contributed by atoms with Gasteiger partial charge in [-0.2, -0.15) is 5.26 Å². The Bertz CT molecular complexity index is 1760. The molecule has 1 aliphatic carbocycles. The molecule has 6 rings (SSSR count). The predicted molar refractivity (Wildman–Crippen MR) is 157 cm³/mol. The summed E-state index contributed by atoms with van der Waals surface area (Å²) >= 11 is 0. The van der Waals surface area contributed by atoms with Crippen molar-refractivity contribution in [3.05, 3.63) is 119 Å². The number of hydrogen-bond acceptors (Lipinski definition) is 6. The van der Waals surface area contributed by atoms with E-state index in [0.29, 0.717) is 18.6 Å². The number of carbonyl (C=O) groups is 1. The number of benzene rings is 3. The van der Waals surface area contributed by atoms with Crippen molar-refractivity contribution in [3.63, 3.8) is 0 Å². The molecule has 0 aliphatic heterocycles. The van der Waals surface area contributed by atoms with Gasteiger partial charge in [0.1, 0.15) is 0 Å². The van der Waals surface area contributed by atoms with E-state index < -0.39 is 5.41 Å². The number of nitriles is 1. The highest BCUT2D eigenvalue weighted by Crippen LogP contribution is 2.49. The van der Waals surface area contributed by atoms with E-state index in [1.807, 2.05) is 74.5 Å². The summed E-state index contributed by atoms with van der Waals surface area (Å²) in [5, 5.41) is 13.8. The molecule has 0 atom stereocenters. The summed E-state index contributed by atoms with van der Waals surface area (Å²) in [4.78, 5) is 17.3. The maximum absolute atomic E-state index is 12.5. The van der Waals surface area contributed by atoms with E-state index in [1.54, 1.807) is 6.07 Å². The van der Waals surface area contributed by atoms with Crippen molar-refractivity contribution in [2.24, 2.45) is 0 Å². The third-order valence-corrected chi connectivity index (χ3v) is 7.81. The van der Waals surface area contributed by atoms with Gasteiger partial charge in [-0.25, -0.2) is 0 Å². The first-order valence-corrected chi connectivity index (χ1v) is 13.8. The Morgan fingerprint density at radius 1 is 0.927 bits per heavy atom. The number of aromatic nitrogens is 2. The maximum Gasteiger partial charge on any atom is 0.316 e. The van der Waals surface area contributed by atoms with Crippen molar-refractivity contribution in [3.8, 4) is 39.8 Å². The number of aryl methyl sites for hydroxylation is 1. The highest BCUT2D eigenvalue weighted by atomic mass is 16.5. The third-order valence-electron chi connectivity index (χ3n) is 7.81. The fourth-order valence-electron chi connectivity index (χ4n) is 5.34. The van der Waals surface area contributed by atoms with Crippen LogP contribution in [0.3, 0.4) is 0 Å². The fraction of sp³-hybridized carbons (Fsp3) is 0.200. The van der Waals surface area contributed by atoms with Crippen molar-refractivity contribution >= 4 is 5.97 Å². The topological polar surface area (TPSA) is 89.0 Å². The summed E-state index contributed by atoms with van der Waals surface area (Å²) in [5.41, 5.74) is 8.49. The first kappa shape index (κ1) is 26.2. The summed E-state index contributed by atoms with van der Waals surface area (Å²) in [6.07, 6.45) is 2.23. The number of carbonyl (C=O) groups excluding carboxylic acids is 1. The highest BCUT2D eigenvalue weighted by molar-refractivity contribution is 5.87. The number of nitrogens with zero attached hydrogens (tertiary/aromatic N) is 3. The van der Waals surface area contributed by atoms with E-state index in [9.17, 15) is 10.1 Å². The molecule has 0 bridgehead atoms. The molecule has 6 heteroatoms. The minimum Gasteiger partial charge on any atom is -0.465 e. The molecule has 0 radical (unpaired) electrons. The lowest BCUT2D eigenvalue weighted by molar-refractivity contribution is -0.146. The van der Waals surface area contributed by atoms with Crippen LogP contribution in [0.5, 0.6) is 0 Å². The smallest absolute Gasteiger partial charge is 0.316 e. The van der Waals surface area contributed by atoms with Gasteiger partial charge in [-0.05, 0) is 61.6 Å². The monoisotopic (exact) mass is 539 g/mol. The van der Waals surface area contributed by atoms with Crippen molar-refractivity contribution in [2.45, 2.75) is 38.5 Å². The predicted octanol–water partition coefficient (Wildman–Crippen LogP) is 7.44. The number of pyridine rings is 1. The molecule has 0 spiro atoms. The average molecular weight is 540 g/mol. The normalized spacial score (nSPS) is 13.4. The van der Waals surface area contributed by atoms with Gasteiger partial charge >= 0.3 is 5.97 Å². The van der Waals surface area contributed by atoms with Crippen molar-refractivity contribution in [1.82, 2.24) is 10.1 Å². The van der Waals surface area contributed by atoms with Crippen LogP contribution in [0.4, 0.5) is 0 Å². The third kappa shape index (κ3) is 5.03. The van der Waals surface area contributed by atoms with E-state index >= 15 is 0 Å². The van der Waals surface area contributed by atoms with Crippen LogP contribution in [-0.4, -0.2) is 22.7 Å². The minimum absolute atomic E-state index is 0.121. The molecule has 0 N–H and O–H groups in total. The Balaban J connectivity index is 1.23. The largest absolute Gasteiger partial charge is 0.465 e. The maximum atomic E-state index is 12.5. The van der Waals surface area contributed by atoms with E-state index in [2.05, 4.69) is 35.5 Å². The molecule has 6 nitrogen and oxygen atoms in total. The van der Waals surface area contributed by atoms with Crippen molar-refractivity contribution < 1.29 is 14.1 Å². The van der Waals surface area contributed by atoms with Crippen LogP contribution in [0.1, 0.15) is 47.8 Å². The Morgan fingerprint density at radius 3 is 2.29 bits per heavy atom. The van der Waals surface area contributed by atoms with Crippen molar-refractivity contribution in [2.75, 3.05) is 6.61 Å². The zero-order chi connectivity index (χ0) is 28.4. The van der Waals surface area contributed by atoms with Gasteiger partial charge in [0.2, 0.25) is 0 Å². The molecular weight excluding hydrogens is 510 g/mol. The van der Waals surface area contributed by atoms with E-state index in [1.165, 1.54) is 0 Å². The van der Waals surface area contributed by atoms with Gasteiger partial charge in [-0.3, -0.25) is 9.78 Å². The van der Waals surface area contributed by atoms with Crippen LogP contribution >= 0.6 is 0 Å². The average Bonchev–Trinajstić information content (AvgIpc) is 3.76. The molecular formula is C35H29N3O3.